The normalized spacial score (nSPS) is 12.4. The fourth-order valence-corrected chi connectivity index (χ4v) is 4.92. The summed E-state index contributed by atoms with van der Waals surface area (Å²) in [4.78, 5) is 10.6. The molecule has 0 amide bonds. The summed E-state index contributed by atoms with van der Waals surface area (Å²) in [6, 6.07) is 6.25. The topological polar surface area (TPSA) is 26.3 Å². The zero-order valence-corrected chi connectivity index (χ0v) is 13.5. The van der Waals surface area contributed by atoms with Crippen molar-refractivity contribution in [3.8, 4) is 5.75 Å². The van der Waals surface area contributed by atoms with E-state index < -0.39 is 16.1 Å². The average Bonchev–Trinajstić information content (AvgIpc) is 2.15. The van der Waals surface area contributed by atoms with Crippen molar-refractivity contribution in [2.24, 2.45) is 0 Å². The number of para-hydroxylation sites is 1. The molecule has 0 spiro atoms. The summed E-state index contributed by atoms with van der Waals surface area (Å²) in [6.07, 6.45) is 0. The van der Waals surface area contributed by atoms with Gasteiger partial charge in [-0.1, -0.05) is 57.5 Å². The van der Waals surface area contributed by atoms with Crippen molar-refractivity contribution in [3.05, 3.63) is 18.2 Å². The van der Waals surface area contributed by atoms with E-state index in [1.165, 1.54) is 10.4 Å². The van der Waals surface area contributed by atoms with E-state index in [1.807, 2.05) is 0 Å². The van der Waals surface area contributed by atoms with E-state index in [1.54, 1.807) is 6.47 Å². The van der Waals surface area contributed by atoms with Gasteiger partial charge in [0.25, 0.3) is 0 Å². The predicted molar refractivity (Wildman–Crippen MR) is 78.7 cm³/mol. The number of ether oxygens (including phenoxy) is 1. The van der Waals surface area contributed by atoms with Gasteiger partial charge in [-0.15, -0.1) is 0 Å². The molecular formula is C13H21O2Si2. The first kappa shape index (κ1) is 14.2. The maximum absolute atomic E-state index is 10.6. The smallest absolute Gasteiger partial charge is 0.418 e. The Labute approximate surface area is 106 Å². The van der Waals surface area contributed by atoms with E-state index in [9.17, 15) is 4.79 Å². The van der Waals surface area contributed by atoms with Crippen molar-refractivity contribution in [1.29, 1.82) is 0 Å². The molecule has 0 aliphatic carbocycles. The lowest BCUT2D eigenvalue weighted by atomic mass is 10.3. The quantitative estimate of drug-likeness (QED) is 0.780. The second-order valence-corrected chi connectivity index (χ2v) is 16.4. The van der Waals surface area contributed by atoms with Gasteiger partial charge >= 0.3 is 6.47 Å². The first-order valence-electron chi connectivity index (χ1n) is 5.86. The zero-order valence-electron chi connectivity index (χ0n) is 11.5. The molecule has 17 heavy (non-hydrogen) atoms. The van der Waals surface area contributed by atoms with E-state index in [2.05, 4.69) is 57.5 Å². The van der Waals surface area contributed by atoms with Crippen LogP contribution >= 0.6 is 0 Å². The third-order valence-corrected chi connectivity index (χ3v) is 6.79. The zero-order chi connectivity index (χ0) is 13.3. The molecule has 0 atom stereocenters. The van der Waals surface area contributed by atoms with Crippen LogP contribution in [0.15, 0.2) is 18.2 Å². The van der Waals surface area contributed by atoms with Crippen LogP contribution in [0, 0.1) is 0 Å². The van der Waals surface area contributed by atoms with Gasteiger partial charge in [-0.25, -0.2) is 4.79 Å². The summed E-state index contributed by atoms with van der Waals surface area (Å²) in [6.45, 7) is 15.2. The van der Waals surface area contributed by atoms with Gasteiger partial charge in [0.15, 0.2) is 0 Å². The van der Waals surface area contributed by atoms with Crippen molar-refractivity contribution in [2.45, 2.75) is 39.3 Å². The highest BCUT2D eigenvalue weighted by Crippen LogP contribution is 2.16. The fourth-order valence-electron chi connectivity index (χ4n) is 1.87. The van der Waals surface area contributed by atoms with Crippen LogP contribution in [0.4, 0.5) is 0 Å². The third kappa shape index (κ3) is 3.29. The molecule has 0 unspecified atom stereocenters. The highest BCUT2D eigenvalue weighted by Gasteiger charge is 2.28. The number of rotatable bonds is 4. The van der Waals surface area contributed by atoms with Gasteiger partial charge in [0, 0.05) is 0 Å². The Morgan fingerprint density at radius 2 is 1.35 bits per heavy atom. The molecule has 1 aromatic carbocycles. The molecule has 1 aromatic rings. The van der Waals surface area contributed by atoms with Gasteiger partial charge in [-0.05, 0) is 10.4 Å². The Kier molecular flexibility index (Phi) is 3.99. The number of hydrogen-bond acceptors (Lipinski definition) is 2. The standard InChI is InChI=1S/C13H21O2Si2/c1-16(2,3)11-8-7-9-12(17(4,5)6)13(11)15-10-14/h7-9H,1-6H3. The summed E-state index contributed by atoms with van der Waals surface area (Å²) >= 11 is 0. The minimum Gasteiger partial charge on any atom is -0.418 e. The Hall–Kier alpha value is -0.876. The van der Waals surface area contributed by atoms with E-state index in [0.717, 1.165) is 5.75 Å². The second kappa shape index (κ2) is 4.78. The van der Waals surface area contributed by atoms with Crippen molar-refractivity contribution in [1.82, 2.24) is 0 Å². The molecule has 0 N–H and O–H groups in total. The fraction of sp³-hybridized carbons (Fsp3) is 0.462. The van der Waals surface area contributed by atoms with E-state index in [-0.39, 0.29) is 0 Å². The molecule has 0 saturated heterocycles. The van der Waals surface area contributed by atoms with Crippen LogP contribution in [0.2, 0.25) is 39.3 Å². The number of benzene rings is 1. The lowest BCUT2D eigenvalue weighted by Crippen LogP contribution is -2.46. The summed E-state index contributed by atoms with van der Waals surface area (Å²) in [5.41, 5.74) is 0. The summed E-state index contributed by atoms with van der Waals surface area (Å²) in [5.74, 6) is 0.779. The van der Waals surface area contributed by atoms with Crippen LogP contribution in [-0.4, -0.2) is 22.6 Å². The molecule has 1 radical (unpaired) electrons. The SMILES string of the molecule is C[Si](C)(C)c1cccc([Si](C)(C)C)c1O[C]=O. The average molecular weight is 265 g/mol. The Morgan fingerprint density at radius 1 is 0.941 bits per heavy atom. The van der Waals surface area contributed by atoms with Gasteiger partial charge in [0.1, 0.15) is 5.75 Å². The van der Waals surface area contributed by atoms with Crippen molar-refractivity contribution >= 4 is 33.0 Å². The summed E-state index contributed by atoms with van der Waals surface area (Å²) in [7, 11) is -3.01. The van der Waals surface area contributed by atoms with E-state index >= 15 is 0 Å². The largest absolute Gasteiger partial charge is 0.423 e. The molecule has 0 bridgehead atoms. The maximum atomic E-state index is 10.6. The van der Waals surface area contributed by atoms with Crippen LogP contribution in [0.3, 0.4) is 0 Å². The molecule has 0 fully saturated rings. The van der Waals surface area contributed by atoms with E-state index in [4.69, 9.17) is 4.74 Å². The molecule has 0 saturated carbocycles. The lowest BCUT2D eigenvalue weighted by molar-refractivity contribution is 0.446. The van der Waals surface area contributed by atoms with Gasteiger partial charge < -0.3 is 4.74 Å². The van der Waals surface area contributed by atoms with Crippen LogP contribution in [0.5, 0.6) is 5.75 Å². The number of hydrogen-bond donors (Lipinski definition) is 0. The molecule has 93 valence electrons. The van der Waals surface area contributed by atoms with Gasteiger partial charge in [0.2, 0.25) is 0 Å². The van der Waals surface area contributed by atoms with Crippen molar-refractivity contribution in [2.75, 3.05) is 0 Å². The minimum absolute atomic E-state index is 0.779. The Bertz CT molecular complexity index is 382. The molecule has 0 aliphatic rings. The molecule has 0 heterocycles. The first-order chi connectivity index (χ1) is 7.68. The van der Waals surface area contributed by atoms with Gasteiger partial charge in [-0.3, -0.25) is 0 Å². The molecule has 2 nitrogen and oxygen atoms in total. The highest BCUT2D eigenvalue weighted by molar-refractivity contribution is 6.92. The second-order valence-electron chi connectivity index (χ2n) is 6.37. The third-order valence-electron chi connectivity index (χ3n) is 2.77. The molecule has 0 aromatic heterocycles. The lowest BCUT2D eigenvalue weighted by Gasteiger charge is -2.26. The van der Waals surface area contributed by atoms with Crippen molar-refractivity contribution in [3.63, 3.8) is 0 Å². The summed E-state index contributed by atoms with van der Waals surface area (Å²) < 4.78 is 5.19. The predicted octanol–water partition coefficient (Wildman–Crippen LogP) is 2.22. The van der Waals surface area contributed by atoms with Crippen molar-refractivity contribution < 1.29 is 9.53 Å². The molecule has 0 aliphatic heterocycles. The monoisotopic (exact) mass is 265 g/mol. The number of carbonyl (C=O) groups excluding carboxylic acids is 1. The van der Waals surface area contributed by atoms with Crippen LogP contribution < -0.4 is 15.1 Å². The van der Waals surface area contributed by atoms with Gasteiger partial charge in [0.05, 0.1) is 16.1 Å². The Morgan fingerprint density at radius 3 is 1.65 bits per heavy atom. The minimum atomic E-state index is -1.51. The van der Waals surface area contributed by atoms with Gasteiger partial charge in [-0.2, -0.15) is 0 Å². The van der Waals surface area contributed by atoms with Crippen LogP contribution in [-0.2, 0) is 4.79 Å². The highest BCUT2D eigenvalue weighted by atomic mass is 28.3. The molecule has 1 rings (SSSR count). The maximum Gasteiger partial charge on any atom is 0.423 e. The Balaban J connectivity index is 3.48. The summed E-state index contributed by atoms with van der Waals surface area (Å²) in [5, 5.41) is 2.42. The molecular weight excluding hydrogens is 244 g/mol. The van der Waals surface area contributed by atoms with Crippen LogP contribution in [0.1, 0.15) is 0 Å². The molecule has 4 heteroatoms. The first-order valence-corrected chi connectivity index (χ1v) is 12.9. The van der Waals surface area contributed by atoms with E-state index in [0.29, 0.717) is 0 Å². The van der Waals surface area contributed by atoms with Crippen LogP contribution in [0.25, 0.3) is 0 Å².